The molecule has 0 atom stereocenters. The van der Waals surface area contributed by atoms with Crippen LogP contribution in [0, 0.1) is 13.8 Å². The van der Waals surface area contributed by atoms with E-state index in [1.54, 1.807) is 0 Å². The number of aliphatic imine (C=N–C) groups is 1. The molecular weight excluding hydrogens is 284 g/mol. The van der Waals surface area contributed by atoms with Crippen LogP contribution in [-0.4, -0.2) is 10.9 Å². The van der Waals surface area contributed by atoms with Crippen molar-refractivity contribution in [1.82, 2.24) is 4.98 Å². The Bertz CT molecular complexity index is 639. The Balaban J connectivity index is 1.93. The summed E-state index contributed by atoms with van der Waals surface area (Å²) in [4.78, 5) is 8.78. The van der Waals surface area contributed by atoms with Crippen molar-refractivity contribution in [1.29, 1.82) is 0 Å². The lowest BCUT2D eigenvalue weighted by Crippen LogP contribution is -2.23. The Morgan fingerprint density at radius 3 is 2.48 bits per heavy atom. The van der Waals surface area contributed by atoms with E-state index in [0.29, 0.717) is 12.5 Å². The number of guanidine groups is 1. The molecule has 2 rings (SSSR count). The van der Waals surface area contributed by atoms with E-state index in [-0.39, 0.29) is 0 Å². The zero-order chi connectivity index (χ0) is 16.7. The zero-order valence-electron chi connectivity index (χ0n) is 14.3. The molecule has 4 nitrogen and oxygen atoms in total. The predicted molar refractivity (Wildman–Crippen MR) is 97.7 cm³/mol. The maximum absolute atomic E-state index is 5.95. The van der Waals surface area contributed by atoms with Gasteiger partial charge in [0.2, 0.25) is 0 Å². The highest BCUT2D eigenvalue weighted by Gasteiger charge is 2.00. The van der Waals surface area contributed by atoms with Gasteiger partial charge in [-0.15, -0.1) is 0 Å². The largest absolute Gasteiger partial charge is 0.370 e. The fourth-order valence-electron chi connectivity index (χ4n) is 2.44. The molecule has 122 valence electrons. The van der Waals surface area contributed by atoms with E-state index in [4.69, 9.17) is 5.73 Å². The molecule has 0 saturated heterocycles. The number of nitrogens with two attached hydrogens (primary N) is 1. The van der Waals surface area contributed by atoms with Gasteiger partial charge in [-0.05, 0) is 55.5 Å². The maximum atomic E-state index is 5.95. The number of hydrogen-bond donors (Lipinski definition) is 2. The van der Waals surface area contributed by atoms with Crippen LogP contribution in [0.5, 0.6) is 0 Å². The third kappa shape index (κ3) is 5.74. The molecule has 0 aliphatic rings. The van der Waals surface area contributed by atoms with E-state index in [1.165, 1.54) is 18.4 Å². The second-order valence-electron chi connectivity index (χ2n) is 5.92. The van der Waals surface area contributed by atoms with E-state index >= 15 is 0 Å². The molecular formula is C19H26N4. The summed E-state index contributed by atoms with van der Waals surface area (Å²) in [5.74, 6) is 1.12. The Morgan fingerprint density at radius 2 is 1.83 bits per heavy atom. The average Bonchev–Trinajstić information content (AvgIpc) is 2.51. The summed E-state index contributed by atoms with van der Waals surface area (Å²) in [5.41, 5.74) is 10.6. The Hall–Kier alpha value is -2.36. The van der Waals surface area contributed by atoms with Crippen LogP contribution in [0.1, 0.15) is 42.1 Å². The van der Waals surface area contributed by atoms with Gasteiger partial charge in [0.25, 0.3) is 0 Å². The van der Waals surface area contributed by atoms with E-state index in [9.17, 15) is 0 Å². The molecule has 0 unspecified atom stereocenters. The van der Waals surface area contributed by atoms with Crippen LogP contribution in [-0.2, 0) is 13.0 Å². The monoisotopic (exact) mass is 310 g/mol. The summed E-state index contributed by atoms with van der Waals surface area (Å²) in [5, 5.41) is 3.05. The third-order valence-corrected chi connectivity index (χ3v) is 3.63. The fraction of sp³-hybridized carbons (Fsp3) is 0.368. The number of aromatic nitrogens is 1. The molecule has 0 saturated carbocycles. The van der Waals surface area contributed by atoms with Crippen molar-refractivity contribution in [3.63, 3.8) is 0 Å². The minimum atomic E-state index is 0.387. The van der Waals surface area contributed by atoms with Gasteiger partial charge in [-0.25, -0.2) is 9.98 Å². The number of benzene rings is 1. The standard InChI is InChI=1S/C19H26N4/c1-4-5-6-16-7-9-17(10-8-16)13-21-19(20)23-18-12-14(2)11-15(3)22-18/h7-12H,4-6,13H2,1-3H3,(H3,20,21,22,23). The van der Waals surface area contributed by atoms with Crippen molar-refractivity contribution >= 4 is 11.8 Å². The Morgan fingerprint density at radius 1 is 1.13 bits per heavy atom. The van der Waals surface area contributed by atoms with Gasteiger partial charge in [0.05, 0.1) is 6.54 Å². The molecule has 23 heavy (non-hydrogen) atoms. The smallest absolute Gasteiger partial charge is 0.194 e. The quantitative estimate of drug-likeness (QED) is 0.627. The molecule has 2 aromatic rings. The summed E-state index contributed by atoms with van der Waals surface area (Å²) in [6, 6.07) is 12.6. The van der Waals surface area contributed by atoms with Gasteiger partial charge in [-0.2, -0.15) is 0 Å². The number of rotatable bonds is 6. The van der Waals surface area contributed by atoms with Crippen molar-refractivity contribution < 1.29 is 0 Å². The Kier molecular flexibility index (Phi) is 6.15. The summed E-state index contributed by atoms with van der Waals surface area (Å²) in [6.07, 6.45) is 3.60. The van der Waals surface area contributed by atoms with Crippen molar-refractivity contribution in [2.24, 2.45) is 10.7 Å². The molecule has 1 heterocycles. The number of pyridine rings is 1. The average molecular weight is 310 g/mol. The van der Waals surface area contributed by atoms with E-state index in [1.807, 2.05) is 26.0 Å². The summed E-state index contributed by atoms with van der Waals surface area (Å²) >= 11 is 0. The number of nitrogens with zero attached hydrogens (tertiary/aromatic N) is 2. The normalized spacial score (nSPS) is 11.5. The number of anilines is 1. The maximum Gasteiger partial charge on any atom is 0.194 e. The first-order valence-electron chi connectivity index (χ1n) is 8.17. The minimum Gasteiger partial charge on any atom is -0.370 e. The van der Waals surface area contributed by atoms with Gasteiger partial charge < -0.3 is 11.1 Å². The van der Waals surface area contributed by atoms with Gasteiger partial charge in [0, 0.05) is 5.69 Å². The van der Waals surface area contributed by atoms with Crippen molar-refractivity contribution in [3.05, 3.63) is 58.8 Å². The first-order chi connectivity index (χ1) is 11.1. The van der Waals surface area contributed by atoms with Crippen molar-refractivity contribution in [3.8, 4) is 0 Å². The molecule has 0 fully saturated rings. The molecule has 0 spiro atoms. The van der Waals surface area contributed by atoms with Crippen LogP contribution in [0.4, 0.5) is 5.82 Å². The molecule has 4 heteroatoms. The second-order valence-corrected chi connectivity index (χ2v) is 5.92. The first-order valence-corrected chi connectivity index (χ1v) is 8.17. The van der Waals surface area contributed by atoms with E-state index in [0.717, 1.165) is 29.1 Å². The predicted octanol–water partition coefficient (Wildman–Crippen LogP) is 3.97. The van der Waals surface area contributed by atoms with Gasteiger partial charge in [0.1, 0.15) is 5.82 Å². The Labute approximate surface area is 138 Å². The molecule has 0 radical (unpaired) electrons. The van der Waals surface area contributed by atoms with Crippen LogP contribution in [0.2, 0.25) is 0 Å². The molecule has 1 aromatic carbocycles. The molecule has 0 amide bonds. The highest BCUT2D eigenvalue weighted by molar-refractivity contribution is 5.91. The van der Waals surface area contributed by atoms with Gasteiger partial charge in [-0.1, -0.05) is 37.6 Å². The van der Waals surface area contributed by atoms with Gasteiger partial charge >= 0.3 is 0 Å². The van der Waals surface area contributed by atoms with Crippen LogP contribution < -0.4 is 11.1 Å². The molecule has 1 aromatic heterocycles. The van der Waals surface area contributed by atoms with E-state index in [2.05, 4.69) is 46.5 Å². The number of aryl methyl sites for hydroxylation is 3. The number of hydrogen-bond acceptors (Lipinski definition) is 2. The van der Waals surface area contributed by atoms with E-state index < -0.39 is 0 Å². The first kappa shape index (κ1) is 17.0. The minimum absolute atomic E-state index is 0.387. The molecule has 0 aliphatic heterocycles. The number of unbranched alkanes of at least 4 members (excludes halogenated alkanes) is 1. The molecule has 3 N–H and O–H groups in total. The highest BCUT2D eigenvalue weighted by atomic mass is 15.1. The topological polar surface area (TPSA) is 63.3 Å². The summed E-state index contributed by atoms with van der Waals surface area (Å²) in [6.45, 7) is 6.78. The zero-order valence-corrected chi connectivity index (χ0v) is 14.3. The lowest BCUT2D eigenvalue weighted by molar-refractivity contribution is 0.794. The highest BCUT2D eigenvalue weighted by Crippen LogP contribution is 2.10. The SMILES string of the molecule is CCCCc1ccc(CN=C(N)Nc2cc(C)cc(C)n2)cc1. The van der Waals surface area contributed by atoms with Crippen LogP contribution in [0.25, 0.3) is 0 Å². The van der Waals surface area contributed by atoms with Crippen LogP contribution >= 0.6 is 0 Å². The van der Waals surface area contributed by atoms with Gasteiger partial charge in [0.15, 0.2) is 5.96 Å². The third-order valence-electron chi connectivity index (χ3n) is 3.63. The van der Waals surface area contributed by atoms with Gasteiger partial charge in [-0.3, -0.25) is 0 Å². The lowest BCUT2D eigenvalue weighted by atomic mass is 10.1. The molecule has 0 bridgehead atoms. The van der Waals surface area contributed by atoms with Crippen molar-refractivity contribution in [2.45, 2.75) is 46.6 Å². The molecule has 0 aliphatic carbocycles. The number of nitrogens with one attached hydrogen (secondary N) is 1. The van der Waals surface area contributed by atoms with Crippen LogP contribution in [0.3, 0.4) is 0 Å². The van der Waals surface area contributed by atoms with Crippen molar-refractivity contribution in [2.75, 3.05) is 5.32 Å². The summed E-state index contributed by atoms with van der Waals surface area (Å²) in [7, 11) is 0. The fourth-order valence-corrected chi connectivity index (χ4v) is 2.44. The summed E-state index contributed by atoms with van der Waals surface area (Å²) < 4.78 is 0. The lowest BCUT2D eigenvalue weighted by Gasteiger charge is -2.07. The van der Waals surface area contributed by atoms with Crippen LogP contribution in [0.15, 0.2) is 41.4 Å². The second kappa shape index (κ2) is 8.32.